The molecule has 1 aliphatic heterocycles. The van der Waals surface area contributed by atoms with Gasteiger partial charge in [0, 0.05) is 26.2 Å². The molecule has 1 fully saturated rings. The zero-order valence-corrected chi connectivity index (χ0v) is 10.5. The Hall–Kier alpha value is -1.29. The summed E-state index contributed by atoms with van der Waals surface area (Å²) in [6.07, 6.45) is 0. The first-order valence-electron chi connectivity index (χ1n) is 6.14. The minimum absolute atomic E-state index is 0.224. The third-order valence-corrected chi connectivity index (χ3v) is 3.47. The van der Waals surface area contributed by atoms with Crippen molar-refractivity contribution in [1.82, 2.24) is 4.90 Å². The van der Waals surface area contributed by atoms with E-state index in [9.17, 15) is 4.39 Å². The monoisotopic (exact) mass is 237 g/mol. The van der Waals surface area contributed by atoms with Crippen molar-refractivity contribution < 1.29 is 4.39 Å². The molecule has 1 aromatic carbocycles. The van der Waals surface area contributed by atoms with E-state index in [0.29, 0.717) is 11.3 Å². The zero-order chi connectivity index (χ0) is 12.4. The SMILES string of the molecule is CCN1CCN(c2cc(C)c(F)cc2N)CC1. The van der Waals surface area contributed by atoms with Gasteiger partial charge in [-0.15, -0.1) is 0 Å². The maximum Gasteiger partial charge on any atom is 0.128 e. The molecule has 4 heteroatoms. The van der Waals surface area contributed by atoms with E-state index in [0.717, 1.165) is 38.4 Å². The first-order chi connectivity index (χ1) is 8.11. The van der Waals surface area contributed by atoms with Gasteiger partial charge in [0.1, 0.15) is 5.82 Å². The van der Waals surface area contributed by atoms with Gasteiger partial charge >= 0.3 is 0 Å². The number of anilines is 2. The van der Waals surface area contributed by atoms with Gasteiger partial charge in [-0.2, -0.15) is 0 Å². The summed E-state index contributed by atoms with van der Waals surface area (Å²) in [4.78, 5) is 4.65. The Morgan fingerprint density at radius 1 is 1.24 bits per heavy atom. The van der Waals surface area contributed by atoms with Crippen LogP contribution in [0.5, 0.6) is 0 Å². The molecule has 1 heterocycles. The molecule has 0 unspecified atom stereocenters. The number of nitrogen functional groups attached to an aromatic ring is 1. The molecular formula is C13H20FN3. The summed E-state index contributed by atoms with van der Waals surface area (Å²) in [5, 5.41) is 0. The summed E-state index contributed by atoms with van der Waals surface area (Å²) >= 11 is 0. The molecule has 2 N–H and O–H groups in total. The van der Waals surface area contributed by atoms with E-state index < -0.39 is 0 Å². The van der Waals surface area contributed by atoms with Crippen molar-refractivity contribution in [3.63, 3.8) is 0 Å². The molecule has 1 saturated heterocycles. The van der Waals surface area contributed by atoms with Crippen LogP contribution in [-0.4, -0.2) is 37.6 Å². The van der Waals surface area contributed by atoms with Crippen molar-refractivity contribution in [1.29, 1.82) is 0 Å². The van der Waals surface area contributed by atoms with Crippen LogP contribution in [0.25, 0.3) is 0 Å². The Labute approximate surface area is 102 Å². The average molecular weight is 237 g/mol. The lowest BCUT2D eigenvalue weighted by molar-refractivity contribution is 0.271. The van der Waals surface area contributed by atoms with Crippen LogP contribution >= 0.6 is 0 Å². The van der Waals surface area contributed by atoms with Crippen LogP contribution < -0.4 is 10.6 Å². The van der Waals surface area contributed by atoms with Crippen molar-refractivity contribution in [3.05, 3.63) is 23.5 Å². The predicted octanol–water partition coefficient (Wildman–Crippen LogP) is 1.86. The van der Waals surface area contributed by atoms with E-state index in [1.165, 1.54) is 6.07 Å². The molecule has 94 valence electrons. The van der Waals surface area contributed by atoms with Gasteiger partial charge in [-0.3, -0.25) is 0 Å². The first-order valence-corrected chi connectivity index (χ1v) is 6.14. The molecule has 0 bridgehead atoms. The number of piperazine rings is 1. The minimum Gasteiger partial charge on any atom is -0.397 e. The third-order valence-electron chi connectivity index (χ3n) is 3.47. The number of halogens is 1. The topological polar surface area (TPSA) is 32.5 Å². The lowest BCUT2D eigenvalue weighted by atomic mass is 10.1. The summed E-state index contributed by atoms with van der Waals surface area (Å²) in [5.74, 6) is -0.224. The van der Waals surface area contributed by atoms with E-state index in [1.54, 1.807) is 6.92 Å². The average Bonchev–Trinajstić information content (AvgIpc) is 2.34. The van der Waals surface area contributed by atoms with E-state index in [-0.39, 0.29) is 5.82 Å². The fourth-order valence-corrected chi connectivity index (χ4v) is 2.26. The number of benzene rings is 1. The van der Waals surface area contributed by atoms with Crippen LogP contribution in [0.3, 0.4) is 0 Å². The van der Waals surface area contributed by atoms with Crippen LogP contribution in [0, 0.1) is 12.7 Å². The summed E-state index contributed by atoms with van der Waals surface area (Å²) < 4.78 is 13.3. The molecule has 0 aromatic heterocycles. The van der Waals surface area contributed by atoms with Gasteiger partial charge in [-0.1, -0.05) is 6.92 Å². The number of aryl methyl sites for hydroxylation is 1. The molecule has 3 nitrogen and oxygen atoms in total. The Bertz CT molecular complexity index is 398. The highest BCUT2D eigenvalue weighted by Crippen LogP contribution is 2.27. The molecule has 0 radical (unpaired) electrons. The molecule has 0 aliphatic carbocycles. The Balaban J connectivity index is 2.16. The first kappa shape index (κ1) is 12.2. The molecule has 1 aromatic rings. The van der Waals surface area contributed by atoms with Crippen LogP contribution in [0.4, 0.5) is 15.8 Å². The van der Waals surface area contributed by atoms with Crippen molar-refractivity contribution >= 4 is 11.4 Å². The van der Waals surface area contributed by atoms with E-state index in [2.05, 4.69) is 16.7 Å². The number of likely N-dealkylation sites (N-methyl/N-ethyl adjacent to an activating group) is 1. The van der Waals surface area contributed by atoms with Crippen molar-refractivity contribution in [2.45, 2.75) is 13.8 Å². The second kappa shape index (κ2) is 4.92. The Morgan fingerprint density at radius 2 is 1.88 bits per heavy atom. The number of hydrogen-bond acceptors (Lipinski definition) is 3. The molecular weight excluding hydrogens is 217 g/mol. The lowest BCUT2D eigenvalue weighted by Crippen LogP contribution is -2.46. The van der Waals surface area contributed by atoms with E-state index in [4.69, 9.17) is 5.73 Å². The Kier molecular flexibility index (Phi) is 3.52. The smallest absolute Gasteiger partial charge is 0.128 e. The van der Waals surface area contributed by atoms with E-state index >= 15 is 0 Å². The highest BCUT2D eigenvalue weighted by molar-refractivity contribution is 5.69. The predicted molar refractivity (Wildman–Crippen MR) is 69.9 cm³/mol. The molecule has 17 heavy (non-hydrogen) atoms. The maximum absolute atomic E-state index is 13.3. The van der Waals surface area contributed by atoms with Gasteiger partial charge in [0.05, 0.1) is 11.4 Å². The Morgan fingerprint density at radius 3 is 2.47 bits per heavy atom. The van der Waals surface area contributed by atoms with Gasteiger partial charge < -0.3 is 15.5 Å². The molecule has 2 rings (SSSR count). The quantitative estimate of drug-likeness (QED) is 0.797. The number of nitrogens with zero attached hydrogens (tertiary/aromatic N) is 2. The van der Waals surface area contributed by atoms with Crippen molar-refractivity contribution in [2.24, 2.45) is 0 Å². The van der Waals surface area contributed by atoms with E-state index in [1.807, 2.05) is 6.07 Å². The molecule has 0 atom stereocenters. The second-order valence-electron chi connectivity index (χ2n) is 4.58. The van der Waals surface area contributed by atoms with Crippen LogP contribution in [0.1, 0.15) is 12.5 Å². The fraction of sp³-hybridized carbons (Fsp3) is 0.538. The molecule has 0 spiro atoms. The standard InChI is InChI=1S/C13H20FN3/c1-3-16-4-6-17(7-5-16)13-8-10(2)11(14)9-12(13)15/h8-9H,3-7,15H2,1-2H3. The number of nitrogens with two attached hydrogens (primary N) is 1. The van der Waals surface area contributed by atoms with Crippen molar-refractivity contribution in [2.75, 3.05) is 43.4 Å². The van der Waals surface area contributed by atoms with Gasteiger partial charge in [0.15, 0.2) is 0 Å². The maximum atomic E-state index is 13.3. The summed E-state index contributed by atoms with van der Waals surface area (Å²) in [5.41, 5.74) is 8.06. The highest BCUT2D eigenvalue weighted by Gasteiger charge is 2.18. The van der Waals surface area contributed by atoms with Gasteiger partial charge in [-0.05, 0) is 31.2 Å². The third kappa shape index (κ3) is 2.52. The number of rotatable bonds is 2. The normalized spacial score (nSPS) is 17.5. The molecule has 0 saturated carbocycles. The van der Waals surface area contributed by atoms with Crippen LogP contribution in [0.2, 0.25) is 0 Å². The summed E-state index contributed by atoms with van der Waals surface area (Å²) in [7, 11) is 0. The largest absolute Gasteiger partial charge is 0.397 e. The summed E-state index contributed by atoms with van der Waals surface area (Å²) in [6, 6.07) is 3.28. The van der Waals surface area contributed by atoms with Gasteiger partial charge in [-0.25, -0.2) is 4.39 Å². The summed E-state index contributed by atoms with van der Waals surface area (Å²) in [6.45, 7) is 9.06. The van der Waals surface area contributed by atoms with Crippen LogP contribution in [-0.2, 0) is 0 Å². The van der Waals surface area contributed by atoms with Gasteiger partial charge in [0.25, 0.3) is 0 Å². The second-order valence-corrected chi connectivity index (χ2v) is 4.58. The number of hydrogen-bond donors (Lipinski definition) is 1. The van der Waals surface area contributed by atoms with Crippen LogP contribution in [0.15, 0.2) is 12.1 Å². The molecule has 1 aliphatic rings. The minimum atomic E-state index is -0.224. The highest BCUT2D eigenvalue weighted by atomic mass is 19.1. The fourth-order valence-electron chi connectivity index (χ4n) is 2.26. The van der Waals surface area contributed by atoms with Gasteiger partial charge in [0.2, 0.25) is 0 Å². The molecule has 0 amide bonds. The van der Waals surface area contributed by atoms with Crippen molar-refractivity contribution in [3.8, 4) is 0 Å². The lowest BCUT2D eigenvalue weighted by Gasteiger charge is -2.36. The zero-order valence-electron chi connectivity index (χ0n) is 10.5.